The molecule has 0 saturated carbocycles. The van der Waals surface area contributed by atoms with Gasteiger partial charge in [-0.2, -0.15) is 5.26 Å². The van der Waals surface area contributed by atoms with E-state index in [2.05, 4.69) is 11.4 Å². The third-order valence-corrected chi connectivity index (χ3v) is 3.56. The van der Waals surface area contributed by atoms with Crippen LogP contribution >= 0.6 is 0 Å². The number of aromatic nitrogens is 1. The Morgan fingerprint density at radius 3 is 2.90 bits per heavy atom. The normalized spacial score (nSPS) is 13.2. The lowest BCUT2D eigenvalue weighted by Crippen LogP contribution is -2.25. The van der Waals surface area contributed by atoms with E-state index in [0.29, 0.717) is 17.0 Å². The van der Waals surface area contributed by atoms with Gasteiger partial charge in [0.1, 0.15) is 11.8 Å². The highest BCUT2D eigenvalue weighted by Crippen LogP contribution is 2.33. The quantitative estimate of drug-likeness (QED) is 0.861. The lowest BCUT2D eigenvalue weighted by Gasteiger charge is -2.18. The van der Waals surface area contributed by atoms with Crippen LogP contribution < -0.4 is 10.1 Å². The zero-order valence-corrected chi connectivity index (χ0v) is 11.2. The third kappa shape index (κ3) is 1.82. The fraction of sp³-hybridized carbons (Fsp3) is 0.200. The van der Waals surface area contributed by atoms with Crippen LogP contribution in [0.3, 0.4) is 0 Å². The van der Waals surface area contributed by atoms with Crippen LogP contribution in [0.1, 0.15) is 11.3 Å². The van der Waals surface area contributed by atoms with Crippen molar-refractivity contribution < 1.29 is 9.53 Å². The standard InChI is InChI=1S/C15H13N3O2/c1-9-11(7-16)6-13(18(9)2)10-3-4-14-12(5-10)17-15(19)8-20-14/h3-6H,8H2,1-2H3,(H,17,19). The largest absolute Gasteiger partial charge is 0.482 e. The van der Waals surface area contributed by atoms with Crippen LogP contribution in [0.5, 0.6) is 5.75 Å². The van der Waals surface area contributed by atoms with Crippen molar-refractivity contribution >= 4 is 11.6 Å². The molecule has 1 aliphatic rings. The molecule has 0 unspecified atom stereocenters. The lowest BCUT2D eigenvalue weighted by atomic mass is 10.1. The molecule has 0 atom stereocenters. The highest BCUT2D eigenvalue weighted by atomic mass is 16.5. The molecule has 2 heterocycles. The number of carbonyl (C=O) groups excluding carboxylic acids is 1. The molecule has 0 spiro atoms. The van der Waals surface area contributed by atoms with Gasteiger partial charge >= 0.3 is 0 Å². The first-order valence-electron chi connectivity index (χ1n) is 6.23. The molecule has 2 aromatic rings. The van der Waals surface area contributed by atoms with Crippen molar-refractivity contribution in [1.29, 1.82) is 5.26 Å². The molecule has 0 bridgehead atoms. The van der Waals surface area contributed by atoms with Gasteiger partial charge in [0.15, 0.2) is 6.61 Å². The number of carbonyl (C=O) groups is 1. The highest BCUT2D eigenvalue weighted by Gasteiger charge is 2.18. The summed E-state index contributed by atoms with van der Waals surface area (Å²) >= 11 is 0. The van der Waals surface area contributed by atoms with E-state index in [1.54, 1.807) is 0 Å². The van der Waals surface area contributed by atoms with Gasteiger partial charge in [0, 0.05) is 24.0 Å². The smallest absolute Gasteiger partial charge is 0.262 e. The van der Waals surface area contributed by atoms with Crippen LogP contribution in [0.2, 0.25) is 0 Å². The molecule has 1 amide bonds. The molecule has 100 valence electrons. The monoisotopic (exact) mass is 267 g/mol. The van der Waals surface area contributed by atoms with E-state index in [1.807, 2.05) is 42.8 Å². The zero-order chi connectivity index (χ0) is 14.3. The van der Waals surface area contributed by atoms with Gasteiger partial charge in [-0.3, -0.25) is 4.79 Å². The number of nitriles is 1. The van der Waals surface area contributed by atoms with Crippen molar-refractivity contribution in [2.75, 3.05) is 11.9 Å². The topological polar surface area (TPSA) is 67.1 Å². The van der Waals surface area contributed by atoms with Crippen molar-refractivity contribution in [1.82, 2.24) is 4.57 Å². The number of nitrogens with one attached hydrogen (secondary N) is 1. The zero-order valence-electron chi connectivity index (χ0n) is 11.2. The third-order valence-electron chi connectivity index (χ3n) is 3.56. The Morgan fingerprint density at radius 1 is 1.40 bits per heavy atom. The molecule has 1 aromatic carbocycles. The van der Waals surface area contributed by atoms with Crippen molar-refractivity contribution in [3.63, 3.8) is 0 Å². The highest BCUT2D eigenvalue weighted by molar-refractivity contribution is 5.96. The minimum absolute atomic E-state index is 0.0498. The van der Waals surface area contributed by atoms with Crippen molar-refractivity contribution in [3.8, 4) is 23.1 Å². The molecule has 1 N–H and O–H groups in total. The molecule has 20 heavy (non-hydrogen) atoms. The van der Waals surface area contributed by atoms with E-state index in [-0.39, 0.29) is 12.5 Å². The number of hydrogen-bond acceptors (Lipinski definition) is 3. The average Bonchev–Trinajstić information content (AvgIpc) is 2.74. The Bertz CT molecular complexity index is 753. The Morgan fingerprint density at radius 2 is 2.20 bits per heavy atom. The average molecular weight is 267 g/mol. The molecule has 3 rings (SSSR count). The van der Waals surface area contributed by atoms with Crippen molar-refractivity contribution in [2.24, 2.45) is 7.05 Å². The van der Waals surface area contributed by atoms with Gasteiger partial charge in [0.2, 0.25) is 0 Å². The number of amides is 1. The van der Waals surface area contributed by atoms with E-state index in [0.717, 1.165) is 17.0 Å². The lowest BCUT2D eigenvalue weighted by molar-refractivity contribution is -0.118. The second-order valence-corrected chi connectivity index (χ2v) is 4.75. The molecule has 0 aliphatic carbocycles. The van der Waals surface area contributed by atoms with Crippen LogP contribution in [-0.2, 0) is 11.8 Å². The Labute approximate surface area is 116 Å². The summed E-state index contributed by atoms with van der Waals surface area (Å²) in [7, 11) is 1.92. The Kier molecular flexibility index (Phi) is 2.72. The molecular weight excluding hydrogens is 254 g/mol. The molecule has 1 aromatic heterocycles. The molecular formula is C15H13N3O2. The van der Waals surface area contributed by atoms with Crippen LogP contribution in [0.4, 0.5) is 5.69 Å². The summed E-state index contributed by atoms with van der Waals surface area (Å²) in [4.78, 5) is 11.4. The van der Waals surface area contributed by atoms with Gasteiger partial charge in [-0.25, -0.2) is 0 Å². The fourth-order valence-electron chi connectivity index (χ4n) is 2.33. The first-order chi connectivity index (χ1) is 9.60. The van der Waals surface area contributed by atoms with Crippen LogP contribution in [0.25, 0.3) is 11.3 Å². The summed E-state index contributed by atoms with van der Waals surface area (Å²) in [6.45, 7) is 1.96. The molecule has 0 radical (unpaired) electrons. The second-order valence-electron chi connectivity index (χ2n) is 4.75. The summed E-state index contributed by atoms with van der Waals surface area (Å²) in [6, 6.07) is 9.65. The maximum absolute atomic E-state index is 11.4. The summed E-state index contributed by atoms with van der Waals surface area (Å²) in [5.41, 5.74) is 4.10. The van der Waals surface area contributed by atoms with Gasteiger partial charge in [0.25, 0.3) is 5.91 Å². The van der Waals surface area contributed by atoms with Gasteiger partial charge in [-0.1, -0.05) is 0 Å². The van der Waals surface area contributed by atoms with Crippen LogP contribution in [0, 0.1) is 18.3 Å². The van der Waals surface area contributed by atoms with Crippen LogP contribution in [0.15, 0.2) is 24.3 Å². The number of anilines is 1. The number of fused-ring (bicyclic) bond motifs is 1. The minimum atomic E-state index is -0.157. The minimum Gasteiger partial charge on any atom is -0.482 e. The molecule has 0 saturated heterocycles. The number of benzene rings is 1. The molecule has 1 aliphatic heterocycles. The van der Waals surface area contributed by atoms with E-state index in [4.69, 9.17) is 10.00 Å². The molecule has 5 heteroatoms. The maximum Gasteiger partial charge on any atom is 0.262 e. The second kappa shape index (κ2) is 4.42. The van der Waals surface area contributed by atoms with E-state index >= 15 is 0 Å². The van der Waals surface area contributed by atoms with Gasteiger partial charge in [-0.15, -0.1) is 0 Å². The maximum atomic E-state index is 11.4. The number of rotatable bonds is 1. The first kappa shape index (κ1) is 12.3. The summed E-state index contributed by atoms with van der Waals surface area (Å²) in [5, 5.41) is 11.9. The molecule has 0 fully saturated rings. The predicted molar refractivity (Wildman–Crippen MR) is 74.4 cm³/mol. The van der Waals surface area contributed by atoms with E-state index < -0.39 is 0 Å². The summed E-state index contributed by atoms with van der Waals surface area (Å²) in [6.07, 6.45) is 0. The van der Waals surface area contributed by atoms with Gasteiger partial charge in [0.05, 0.1) is 11.3 Å². The number of ether oxygens (including phenoxy) is 1. The first-order valence-corrected chi connectivity index (χ1v) is 6.23. The van der Waals surface area contributed by atoms with Gasteiger partial charge < -0.3 is 14.6 Å². The van der Waals surface area contributed by atoms with Crippen molar-refractivity contribution in [3.05, 3.63) is 35.5 Å². The van der Waals surface area contributed by atoms with Gasteiger partial charge in [-0.05, 0) is 31.2 Å². The summed E-state index contributed by atoms with van der Waals surface area (Å²) in [5.74, 6) is 0.509. The predicted octanol–water partition coefficient (Wildman–Crippen LogP) is 2.20. The fourth-order valence-corrected chi connectivity index (χ4v) is 2.33. The molecule has 5 nitrogen and oxygen atoms in total. The van der Waals surface area contributed by atoms with E-state index in [9.17, 15) is 4.79 Å². The van der Waals surface area contributed by atoms with Crippen LogP contribution in [-0.4, -0.2) is 17.1 Å². The number of hydrogen-bond donors (Lipinski definition) is 1. The van der Waals surface area contributed by atoms with Crippen molar-refractivity contribution in [2.45, 2.75) is 6.92 Å². The van der Waals surface area contributed by atoms with E-state index in [1.165, 1.54) is 0 Å². The Hall–Kier alpha value is -2.74. The summed E-state index contributed by atoms with van der Waals surface area (Å²) < 4.78 is 7.30. The SMILES string of the molecule is Cc1c(C#N)cc(-c2ccc3c(c2)NC(=O)CO3)n1C. The Balaban J connectivity index is 2.10. The number of nitrogens with zero attached hydrogens (tertiary/aromatic N) is 2.